The molecule has 1 heterocycles. The van der Waals surface area contributed by atoms with Crippen LogP contribution in [-0.4, -0.2) is 104 Å². The molecule has 0 radical (unpaired) electrons. The van der Waals surface area contributed by atoms with Crippen LogP contribution in [0, 0.1) is 0 Å². The molecule has 0 aromatic carbocycles. The summed E-state index contributed by atoms with van der Waals surface area (Å²) in [6.07, 6.45) is -14.2. The Morgan fingerprint density at radius 2 is 1.68 bits per heavy atom. The largest absolute Gasteiger partial charge is 0.394 e. The number of rotatable bonds is 7. The lowest BCUT2D eigenvalue weighted by Gasteiger charge is -2.40. The zero-order chi connectivity index (χ0) is 17.0. The van der Waals surface area contributed by atoms with Gasteiger partial charge in [-0.15, -0.1) is 0 Å². The lowest BCUT2D eigenvalue weighted by molar-refractivity contribution is -0.308. The van der Waals surface area contributed by atoms with Crippen molar-refractivity contribution in [1.82, 2.24) is 0 Å². The van der Waals surface area contributed by atoms with Gasteiger partial charge in [0.2, 0.25) is 0 Å². The lowest BCUT2D eigenvalue weighted by atomic mass is 9.99. The summed E-state index contributed by atoms with van der Waals surface area (Å²) in [5.41, 5.74) is 0. The Morgan fingerprint density at radius 3 is 2.18 bits per heavy atom. The summed E-state index contributed by atoms with van der Waals surface area (Å²) in [7, 11) is 0. The third kappa shape index (κ3) is 4.19. The predicted molar refractivity (Wildman–Crippen MR) is 68.4 cm³/mol. The fourth-order valence-electron chi connectivity index (χ4n) is 2.00. The molecule has 1 aliphatic heterocycles. The van der Waals surface area contributed by atoms with Crippen molar-refractivity contribution in [2.24, 2.45) is 0 Å². The third-order valence-electron chi connectivity index (χ3n) is 3.50. The van der Waals surface area contributed by atoms with Crippen molar-refractivity contribution in [3.8, 4) is 0 Å². The summed E-state index contributed by atoms with van der Waals surface area (Å²) in [5.74, 6) is 0. The summed E-state index contributed by atoms with van der Waals surface area (Å²) >= 11 is 0. The van der Waals surface area contributed by atoms with Gasteiger partial charge in [-0.25, -0.2) is 0 Å². The number of carbonyl (C=O) groups is 1. The molecule has 9 atom stereocenters. The highest BCUT2D eigenvalue weighted by molar-refractivity contribution is 5.57. The van der Waals surface area contributed by atoms with E-state index in [1.807, 2.05) is 0 Å². The fraction of sp³-hybridized carbons (Fsp3) is 0.917. The van der Waals surface area contributed by atoms with E-state index in [0.29, 0.717) is 0 Å². The van der Waals surface area contributed by atoms with Crippen LogP contribution in [0.3, 0.4) is 0 Å². The first-order valence-electron chi connectivity index (χ1n) is 6.70. The van der Waals surface area contributed by atoms with E-state index in [9.17, 15) is 35.4 Å². The minimum atomic E-state index is -1.91. The van der Waals surface area contributed by atoms with Gasteiger partial charge < -0.3 is 50.0 Å². The summed E-state index contributed by atoms with van der Waals surface area (Å²) in [4.78, 5) is 11.0. The molecule has 22 heavy (non-hydrogen) atoms. The lowest BCUT2D eigenvalue weighted by Crippen LogP contribution is -2.59. The molecule has 1 saturated heterocycles. The van der Waals surface area contributed by atoms with Crippen LogP contribution in [0.5, 0.6) is 0 Å². The van der Waals surface area contributed by atoms with E-state index in [-0.39, 0.29) is 6.29 Å². The molecule has 0 aromatic rings. The first kappa shape index (κ1) is 19.4. The van der Waals surface area contributed by atoms with Crippen LogP contribution >= 0.6 is 0 Å². The van der Waals surface area contributed by atoms with Gasteiger partial charge in [-0.3, -0.25) is 0 Å². The van der Waals surface area contributed by atoms with Crippen LogP contribution in [0.4, 0.5) is 0 Å². The van der Waals surface area contributed by atoms with E-state index in [0.717, 1.165) is 0 Å². The van der Waals surface area contributed by atoms with Gasteiger partial charge in [-0.05, 0) is 6.92 Å². The Morgan fingerprint density at radius 1 is 1.09 bits per heavy atom. The Kier molecular flexibility index (Phi) is 7.25. The summed E-state index contributed by atoms with van der Waals surface area (Å²) in [5, 5.41) is 66.1. The first-order valence-corrected chi connectivity index (χ1v) is 6.70. The van der Waals surface area contributed by atoms with E-state index in [2.05, 4.69) is 0 Å². The molecular formula is C12H22O10. The fourth-order valence-corrected chi connectivity index (χ4v) is 2.00. The summed E-state index contributed by atoms with van der Waals surface area (Å²) in [6.45, 7) is 0.543. The SMILES string of the molecule is C[C@@H]1OC(O[C@H](C=O)[C@@H](O)[C@@H](O)[C@H](O)CO)[C@@H](O)[C@H](O)[C@@H]1O. The molecule has 0 aromatic heterocycles. The molecule has 1 aliphatic rings. The molecule has 1 rings (SSSR count). The number of aldehydes is 1. The number of ether oxygens (including phenoxy) is 2. The molecule has 130 valence electrons. The molecular weight excluding hydrogens is 304 g/mol. The summed E-state index contributed by atoms with van der Waals surface area (Å²) < 4.78 is 10.1. The van der Waals surface area contributed by atoms with Crippen LogP contribution in [0.2, 0.25) is 0 Å². The van der Waals surface area contributed by atoms with Crippen molar-refractivity contribution in [2.45, 2.75) is 62.0 Å². The predicted octanol–water partition coefficient (Wildman–Crippen LogP) is -4.53. The smallest absolute Gasteiger partial charge is 0.187 e. The van der Waals surface area contributed by atoms with E-state index >= 15 is 0 Å². The van der Waals surface area contributed by atoms with Crippen LogP contribution in [0.25, 0.3) is 0 Å². The summed E-state index contributed by atoms with van der Waals surface area (Å²) in [6, 6.07) is 0. The van der Waals surface area contributed by atoms with E-state index in [4.69, 9.17) is 14.6 Å². The molecule has 10 nitrogen and oxygen atoms in total. The second kappa shape index (κ2) is 8.24. The van der Waals surface area contributed by atoms with Crippen LogP contribution in [0.1, 0.15) is 6.92 Å². The number of aliphatic hydroxyl groups excluding tert-OH is 7. The van der Waals surface area contributed by atoms with E-state index in [1.165, 1.54) is 6.92 Å². The van der Waals surface area contributed by atoms with Gasteiger partial charge in [0, 0.05) is 0 Å². The van der Waals surface area contributed by atoms with Gasteiger partial charge in [0.05, 0.1) is 12.7 Å². The molecule has 0 spiro atoms. The van der Waals surface area contributed by atoms with Crippen molar-refractivity contribution >= 4 is 6.29 Å². The minimum absolute atomic E-state index is 0.107. The second-order valence-electron chi connectivity index (χ2n) is 5.15. The number of hydrogen-bond donors (Lipinski definition) is 7. The van der Waals surface area contributed by atoms with Gasteiger partial charge in [0.1, 0.15) is 42.7 Å². The Labute approximate surface area is 126 Å². The van der Waals surface area contributed by atoms with Crippen molar-refractivity contribution in [3.05, 3.63) is 0 Å². The molecule has 1 fully saturated rings. The molecule has 0 saturated carbocycles. The van der Waals surface area contributed by atoms with Gasteiger partial charge in [-0.2, -0.15) is 0 Å². The van der Waals surface area contributed by atoms with Crippen LogP contribution in [0.15, 0.2) is 0 Å². The highest BCUT2D eigenvalue weighted by Gasteiger charge is 2.44. The maximum atomic E-state index is 11.0. The molecule has 1 unspecified atom stereocenters. The normalized spacial score (nSPS) is 38.1. The molecule has 0 amide bonds. The third-order valence-corrected chi connectivity index (χ3v) is 3.50. The molecule has 10 heteroatoms. The van der Waals surface area contributed by atoms with Crippen molar-refractivity contribution < 1.29 is 50.0 Å². The quantitative estimate of drug-likeness (QED) is 0.225. The highest BCUT2D eigenvalue weighted by Crippen LogP contribution is 2.23. The highest BCUT2D eigenvalue weighted by atomic mass is 16.7. The topological polar surface area (TPSA) is 177 Å². The van der Waals surface area contributed by atoms with Gasteiger partial charge >= 0.3 is 0 Å². The monoisotopic (exact) mass is 326 g/mol. The molecule has 0 bridgehead atoms. The van der Waals surface area contributed by atoms with Gasteiger partial charge in [0.15, 0.2) is 12.6 Å². The Balaban J connectivity index is 2.75. The standard InChI is InChI=1S/C12H22O10/c1-4-7(16)10(19)11(20)12(21-4)22-6(3-14)9(18)8(17)5(15)2-13/h3-13,15-20H,2H2,1H3/t4-,5+,6+,7+,8-,9+,10+,11-,12?/m0/s1. The maximum absolute atomic E-state index is 11.0. The minimum Gasteiger partial charge on any atom is -0.394 e. The van der Waals surface area contributed by atoms with Gasteiger partial charge in [-0.1, -0.05) is 0 Å². The maximum Gasteiger partial charge on any atom is 0.187 e. The number of carbonyl (C=O) groups excluding carboxylic acids is 1. The number of hydrogen-bond acceptors (Lipinski definition) is 10. The number of aliphatic hydroxyl groups is 7. The van der Waals surface area contributed by atoms with Crippen LogP contribution in [-0.2, 0) is 14.3 Å². The first-order chi connectivity index (χ1) is 10.2. The Hall–Kier alpha value is -0.690. The average molecular weight is 326 g/mol. The van der Waals surface area contributed by atoms with Crippen LogP contribution < -0.4 is 0 Å². The molecule has 7 N–H and O–H groups in total. The van der Waals surface area contributed by atoms with E-state index in [1.54, 1.807) is 0 Å². The average Bonchev–Trinajstić information content (AvgIpc) is 2.52. The van der Waals surface area contributed by atoms with Gasteiger partial charge in [0.25, 0.3) is 0 Å². The van der Waals surface area contributed by atoms with Crippen molar-refractivity contribution in [1.29, 1.82) is 0 Å². The van der Waals surface area contributed by atoms with Crippen molar-refractivity contribution in [3.63, 3.8) is 0 Å². The zero-order valence-electron chi connectivity index (χ0n) is 11.8. The van der Waals surface area contributed by atoms with Crippen molar-refractivity contribution in [2.75, 3.05) is 6.61 Å². The molecule has 0 aliphatic carbocycles. The zero-order valence-corrected chi connectivity index (χ0v) is 11.8. The Bertz CT molecular complexity index is 353. The van der Waals surface area contributed by atoms with E-state index < -0.39 is 61.7 Å². The second-order valence-corrected chi connectivity index (χ2v) is 5.15.